The minimum Gasteiger partial charge on any atom is -0.493 e. The number of nitrogens with one attached hydrogen (secondary N) is 1. The first kappa shape index (κ1) is 12.5. The van der Waals surface area contributed by atoms with Crippen molar-refractivity contribution < 1.29 is 9.47 Å². The fraction of sp³-hybridized carbons (Fsp3) is 0.500. The Bertz CT molecular complexity index is 368. The molecule has 94 valence electrons. The van der Waals surface area contributed by atoms with Crippen LogP contribution < -0.4 is 14.8 Å². The molecular weight excluding hydrogens is 236 g/mol. The van der Waals surface area contributed by atoms with Crippen LogP contribution in [0, 0.1) is 0 Å². The molecule has 0 atom stereocenters. The summed E-state index contributed by atoms with van der Waals surface area (Å²) in [6.07, 6.45) is 0. The van der Waals surface area contributed by atoms with E-state index in [1.165, 1.54) is 4.90 Å². The Kier molecular flexibility index (Phi) is 4.53. The predicted molar refractivity (Wildman–Crippen MR) is 69.8 cm³/mol. The number of piperazine rings is 1. The van der Waals surface area contributed by atoms with Crippen molar-refractivity contribution in [2.45, 2.75) is 4.90 Å². The van der Waals surface area contributed by atoms with Crippen LogP contribution in [0.5, 0.6) is 11.5 Å². The lowest BCUT2D eigenvalue weighted by molar-refractivity contribution is 0.353. The zero-order valence-electron chi connectivity index (χ0n) is 10.2. The van der Waals surface area contributed by atoms with Gasteiger partial charge in [0.1, 0.15) is 0 Å². The number of methoxy groups -OCH3 is 2. The number of hydrogen-bond donors (Lipinski definition) is 1. The average molecular weight is 254 g/mol. The van der Waals surface area contributed by atoms with Crippen LogP contribution in [0.25, 0.3) is 0 Å². The van der Waals surface area contributed by atoms with Gasteiger partial charge in [0, 0.05) is 31.1 Å². The molecule has 4 nitrogen and oxygen atoms in total. The number of ether oxygens (including phenoxy) is 2. The number of benzene rings is 1. The van der Waals surface area contributed by atoms with Crippen LogP contribution in [0.3, 0.4) is 0 Å². The fourth-order valence-electron chi connectivity index (χ4n) is 1.76. The van der Waals surface area contributed by atoms with E-state index in [1.54, 1.807) is 26.2 Å². The largest absolute Gasteiger partial charge is 0.493 e. The highest BCUT2D eigenvalue weighted by molar-refractivity contribution is 7.97. The van der Waals surface area contributed by atoms with Crippen molar-refractivity contribution in [3.8, 4) is 11.5 Å². The Balaban J connectivity index is 2.05. The van der Waals surface area contributed by atoms with E-state index in [4.69, 9.17) is 9.47 Å². The van der Waals surface area contributed by atoms with Crippen molar-refractivity contribution >= 4 is 11.9 Å². The highest BCUT2D eigenvalue weighted by atomic mass is 32.2. The molecular formula is C12H18N2O2S. The molecule has 1 aromatic carbocycles. The molecule has 0 spiro atoms. The molecule has 0 radical (unpaired) electrons. The second-order valence-corrected chi connectivity index (χ2v) is 4.96. The molecule has 0 aliphatic carbocycles. The van der Waals surface area contributed by atoms with Crippen LogP contribution in [0.15, 0.2) is 23.1 Å². The zero-order chi connectivity index (χ0) is 12.1. The Hall–Kier alpha value is -0.910. The van der Waals surface area contributed by atoms with Gasteiger partial charge in [-0.1, -0.05) is 0 Å². The van der Waals surface area contributed by atoms with Crippen molar-refractivity contribution in [2.75, 3.05) is 40.4 Å². The first-order valence-corrected chi connectivity index (χ1v) is 6.46. The van der Waals surface area contributed by atoms with Gasteiger partial charge in [-0.3, -0.25) is 0 Å². The molecule has 2 rings (SSSR count). The molecule has 0 bridgehead atoms. The van der Waals surface area contributed by atoms with Gasteiger partial charge in [-0.15, -0.1) is 0 Å². The van der Waals surface area contributed by atoms with Gasteiger partial charge in [0.15, 0.2) is 11.5 Å². The summed E-state index contributed by atoms with van der Waals surface area (Å²) in [7, 11) is 3.32. The summed E-state index contributed by atoms with van der Waals surface area (Å²) in [6, 6.07) is 6.03. The maximum atomic E-state index is 5.30. The molecule has 0 unspecified atom stereocenters. The minimum atomic E-state index is 0.775. The third-order valence-corrected chi connectivity index (χ3v) is 3.75. The highest BCUT2D eigenvalue weighted by Crippen LogP contribution is 2.33. The van der Waals surface area contributed by atoms with Crippen molar-refractivity contribution in [1.29, 1.82) is 0 Å². The molecule has 5 heteroatoms. The second kappa shape index (κ2) is 6.14. The molecule has 0 amide bonds. The summed E-state index contributed by atoms with van der Waals surface area (Å²) >= 11 is 1.77. The van der Waals surface area contributed by atoms with E-state index in [2.05, 4.69) is 15.7 Å². The normalized spacial score (nSPS) is 16.8. The van der Waals surface area contributed by atoms with Crippen LogP contribution in [0.2, 0.25) is 0 Å². The van der Waals surface area contributed by atoms with E-state index in [0.717, 1.165) is 37.7 Å². The Morgan fingerprint density at radius 2 is 1.82 bits per heavy atom. The predicted octanol–water partition coefficient (Wildman–Crippen LogP) is 1.62. The SMILES string of the molecule is COc1ccc(SN2CCNCC2)cc1OC. The summed E-state index contributed by atoms with van der Waals surface area (Å²) in [5.41, 5.74) is 0. The monoisotopic (exact) mass is 254 g/mol. The van der Waals surface area contributed by atoms with Crippen LogP contribution in [-0.4, -0.2) is 44.7 Å². The van der Waals surface area contributed by atoms with Gasteiger partial charge < -0.3 is 14.8 Å². The maximum absolute atomic E-state index is 5.30. The second-order valence-electron chi connectivity index (χ2n) is 3.79. The summed E-state index contributed by atoms with van der Waals surface area (Å²) in [5, 5.41) is 3.34. The number of hydrogen-bond acceptors (Lipinski definition) is 5. The van der Waals surface area contributed by atoms with Crippen LogP contribution in [-0.2, 0) is 0 Å². The minimum absolute atomic E-state index is 0.775. The molecule has 1 fully saturated rings. The zero-order valence-corrected chi connectivity index (χ0v) is 11.0. The topological polar surface area (TPSA) is 33.7 Å². The van der Waals surface area contributed by atoms with E-state index in [1.807, 2.05) is 12.1 Å². The maximum Gasteiger partial charge on any atom is 0.161 e. The lowest BCUT2D eigenvalue weighted by Crippen LogP contribution is -2.39. The molecule has 0 saturated carbocycles. The van der Waals surface area contributed by atoms with E-state index in [9.17, 15) is 0 Å². The van der Waals surface area contributed by atoms with Crippen LogP contribution in [0.1, 0.15) is 0 Å². The molecule has 1 saturated heterocycles. The van der Waals surface area contributed by atoms with Crippen LogP contribution in [0.4, 0.5) is 0 Å². The lowest BCUT2D eigenvalue weighted by Gasteiger charge is -2.26. The molecule has 17 heavy (non-hydrogen) atoms. The Morgan fingerprint density at radius 3 is 2.47 bits per heavy atom. The molecule has 0 aromatic heterocycles. The van der Waals surface area contributed by atoms with Gasteiger partial charge in [0.25, 0.3) is 0 Å². The van der Waals surface area contributed by atoms with Gasteiger partial charge >= 0.3 is 0 Å². The van der Waals surface area contributed by atoms with Crippen LogP contribution >= 0.6 is 11.9 Å². The average Bonchev–Trinajstić information content (AvgIpc) is 2.40. The van der Waals surface area contributed by atoms with E-state index >= 15 is 0 Å². The summed E-state index contributed by atoms with van der Waals surface area (Å²) in [5.74, 6) is 1.56. The molecule has 1 aromatic rings. The fourth-order valence-corrected chi connectivity index (χ4v) is 2.71. The van der Waals surface area contributed by atoms with Crippen molar-refractivity contribution in [3.05, 3.63) is 18.2 Å². The van der Waals surface area contributed by atoms with Gasteiger partial charge in [0.05, 0.1) is 14.2 Å². The van der Waals surface area contributed by atoms with Gasteiger partial charge in [-0.25, -0.2) is 4.31 Å². The van der Waals surface area contributed by atoms with Gasteiger partial charge in [-0.05, 0) is 30.1 Å². The Morgan fingerprint density at radius 1 is 1.12 bits per heavy atom. The van der Waals surface area contributed by atoms with E-state index in [0.29, 0.717) is 0 Å². The third kappa shape index (κ3) is 3.28. The lowest BCUT2D eigenvalue weighted by atomic mass is 10.3. The van der Waals surface area contributed by atoms with Crippen molar-refractivity contribution in [1.82, 2.24) is 9.62 Å². The molecule has 1 aliphatic rings. The van der Waals surface area contributed by atoms with E-state index in [-0.39, 0.29) is 0 Å². The smallest absolute Gasteiger partial charge is 0.161 e. The first-order chi connectivity index (χ1) is 8.33. The number of rotatable bonds is 4. The van der Waals surface area contributed by atoms with E-state index < -0.39 is 0 Å². The standard InChI is InChI=1S/C12H18N2O2S/c1-15-11-4-3-10(9-12(11)16-2)17-14-7-5-13-6-8-14/h3-4,9,13H,5-8H2,1-2H3. The quantitative estimate of drug-likeness (QED) is 0.826. The summed E-state index contributed by atoms with van der Waals surface area (Å²) < 4.78 is 12.9. The summed E-state index contributed by atoms with van der Waals surface area (Å²) in [6.45, 7) is 4.25. The molecule has 1 N–H and O–H groups in total. The highest BCUT2D eigenvalue weighted by Gasteiger charge is 2.12. The van der Waals surface area contributed by atoms with Crippen molar-refractivity contribution in [3.63, 3.8) is 0 Å². The Labute approximate surface area is 106 Å². The molecule has 1 aliphatic heterocycles. The number of nitrogens with zero attached hydrogens (tertiary/aromatic N) is 1. The first-order valence-electron chi connectivity index (χ1n) is 5.69. The third-order valence-electron chi connectivity index (χ3n) is 2.67. The van der Waals surface area contributed by atoms with Crippen molar-refractivity contribution in [2.24, 2.45) is 0 Å². The summed E-state index contributed by atoms with van der Waals surface area (Å²) in [4.78, 5) is 1.18. The van der Waals surface area contributed by atoms with Gasteiger partial charge in [-0.2, -0.15) is 0 Å². The molecule has 1 heterocycles. The van der Waals surface area contributed by atoms with Gasteiger partial charge in [0.2, 0.25) is 0 Å².